The van der Waals surface area contributed by atoms with Gasteiger partial charge in [-0.25, -0.2) is 4.98 Å². The molecule has 2 aromatic rings. The summed E-state index contributed by atoms with van der Waals surface area (Å²) in [6, 6.07) is 0. The first-order valence-electron chi connectivity index (χ1n) is 7.32. The predicted molar refractivity (Wildman–Crippen MR) is 81.2 cm³/mol. The van der Waals surface area contributed by atoms with Crippen molar-refractivity contribution in [2.45, 2.75) is 39.7 Å². The first kappa shape index (κ1) is 13.8. The smallest absolute Gasteiger partial charge is 0.221 e. The summed E-state index contributed by atoms with van der Waals surface area (Å²) in [6.07, 6.45) is 2.64. The van der Waals surface area contributed by atoms with E-state index in [0.29, 0.717) is 11.9 Å². The van der Waals surface area contributed by atoms with Crippen molar-refractivity contribution in [2.24, 2.45) is 0 Å². The van der Waals surface area contributed by atoms with Gasteiger partial charge in [-0.2, -0.15) is 4.98 Å². The van der Waals surface area contributed by atoms with Gasteiger partial charge in [-0.15, -0.1) is 10.2 Å². The fraction of sp³-hybridized carbons (Fsp3) is 0.571. The molecule has 1 aliphatic heterocycles. The number of nitrogens with zero attached hydrogens (tertiary/aromatic N) is 6. The van der Waals surface area contributed by atoms with E-state index in [1.165, 1.54) is 0 Å². The third-order valence-corrected chi connectivity index (χ3v) is 3.83. The molecule has 0 bridgehead atoms. The molecule has 0 atom stereocenters. The maximum Gasteiger partial charge on any atom is 0.221 e. The zero-order chi connectivity index (χ0) is 15.0. The zero-order valence-electron chi connectivity index (χ0n) is 12.7. The summed E-state index contributed by atoms with van der Waals surface area (Å²) >= 11 is 0. The Balaban J connectivity index is 1.86. The van der Waals surface area contributed by atoms with Crippen LogP contribution in [0.15, 0.2) is 6.20 Å². The van der Waals surface area contributed by atoms with Crippen molar-refractivity contribution in [2.75, 3.05) is 23.7 Å². The second kappa shape index (κ2) is 5.31. The molecule has 0 spiro atoms. The van der Waals surface area contributed by atoms with Crippen LogP contribution in [0.2, 0.25) is 0 Å². The number of nitrogen functional groups attached to an aromatic ring is 1. The number of fused-ring (bicyclic) bond motifs is 1. The molecule has 0 radical (unpaired) electrons. The molecule has 0 fully saturated rings. The Kier molecular flexibility index (Phi) is 3.48. The lowest BCUT2D eigenvalue weighted by atomic mass is 10.2. The van der Waals surface area contributed by atoms with Crippen LogP contribution < -0.4 is 10.6 Å². The van der Waals surface area contributed by atoms with E-state index in [9.17, 15) is 0 Å². The van der Waals surface area contributed by atoms with E-state index in [0.717, 1.165) is 49.1 Å². The number of hydrogen-bond donors (Lipinski definition) is 1. The summed E-state index contributed by atoms with van der Waals surface area (Å²) in [5, 5.41) is 8.65. The molecule has 21 heavy (non-hydrogen) atoms. The van der Waals surface area contributed by atoms with Gasteiger partial charge in [0.25, 0.3) is 0 Å². The lowest BCUT2D eigenvalue weighted by molar-refractivity contribution is 0.616. The largest absolute Gasteiger partial charge is 0.368 e. The molecule has 2 aromatic heterocycles. The Morgan fingerprint density at radius 1 is 1.19 bits per heavy atom. The zero-order valence-corrected chi connectivity index (χ0v) is 12.7. The molecule has 0 aliphatic carbocycles. The molecule has 0 saturated carbocycles. The molecule has 0 aromatic carbocycles. The van der Waals surface area contributed by atoms with E-state index in [1.807, 2.05) is 6.92 Å². The maximum atomic E-state index is 5.72. The minimum absolute atomic E-state index is 0.321. The van der Waals surface area contributed by atoms with E-state index < -0.39 is 0 Å². The van der Waals surface area contributed by atoms with Gasteiger partial charge in [0.05, 0.1) is 0 Å². The van der Waals surface area contributed by atoms with Crippen molar-refractivity contribution in [3.63, 3.8) is 0 Å². The van der Waals surface area contributed by atoms with Gasteiger partial charge < -0.3 is 15.2 Å². The monoisotopic (exact) mass is 287 g/mol. The number of hydrogen-bond acceptors (Lipinski definition) is 6. The Labute approximate surface area is 124 Å². The third kappa shape index (κ3) is 2.55. The maximum absolute atomic E-state index is 5.72. The van der Waals surface area contributed by atoms with Gasteiger partial charge in [-0.1, -0.05) is 13.8 Å². The van der Waals surface area contributed by atoms with Gasteiger partial charge in [0.2, 0.25) is 5.95 Å². The minimum Gasteiger partial charge on any atom is -0.368 e. The van der Waals surface area contributed by atoms with Crippen LogP contribution in [0.25, 0.3) is 0 Å². The van der Waals surface area contributed by atoms with Crippen LogP contribution in [0.4, 0.5) is 11.8 Å². The van der Waals surface area contributed by atoms with E-state index in [1.54, 1.807) is 6.20 Å². The Morgan fingerprint density at radius 3 is 2.76 bits per heavy atom. The van der Waals surface area contributed by atoms with Crippen molar-refractivity contribution >= 4 is 11.8 Å². The fourth-order valence-corrected chi connectivity index (χ4v) is 2.75. The van der Waals surface area contributed by atoms with Crippen molar-refractivity contribution in [3.05, 3.63) is 23.4 Å². The number of aromatic nitrogens is 5. The Morgan fingerprint density at radius 2 is 2.00 bits per heavy atom. The first-order valence-corrected chi connectivity index (χ1v) is 7.32. The highest BCUT2D eigenvalue weighted by Crippen LogP contribution is 2.21. The van der Waals surface area contributed by atoms with E-state index in [2.05, 4.69) is 43.5 Å². The van der Waals surface area contributed by atoms with Gasteiger partial charge in [0, 0.05) is 43.7 Å². The van der Waals surface area contributed by atoms with Crippen molar-refractivity contribution in [3.8, 4) is 0 Å². The van der Waals surface area contributed by atoms with Crippen LogP contribution in [0, 0.1) is 6.92 Å². The molecule has 1 aliphatic rings. The van der Waals surface area contributed by atoms with Crippen LogP contribution in [0.1, 0.15) is 37.0 Å². The molecule has 112 valence electrons. The highest BCUT2D eigenvalue weighted by atomic mass is 15.3. The second-order valence-electron chi connectivity index (χ2n) is 5.75. The lowest BCUT2D eigenvalue weighted by Crippen LogP contribution is -2.29. The molecule has 7 heteroatoms. The SMILES string of the molecule is Cc1cnc(N)nc1N1CCc2nnc(C(C)C)n2CC1. The number of nitrogens with two attached hydrogens (primary N) is 1. The molecule has 0 amide bonds. The highest BCUT2D eigenvalue weighted by molar-refractivity contribution is 5.48. The lowest BCUT2D eigenvalue weighted by Gasteiger charge is -2.23. The third-order valence-electron chi connectivity index (χ3n) is 3.83. The average Bonchev–Trinajstić information content (AvgIpc) is 2.75. The highest BCUT2D eigenvalue weighted by Gasteiger charge is 2.21. The van der Waals surface area contributed by atoms with Crippen LogP contribution in [0.5, 0.6) is 0 Å². The summed E-state index contributed by atoms with van der Waals surface area (Å²) < 4.78 is 2.24. The molecule has 7 nitrogen and oxygen atoms in total. The molecule has 3 heterocycles. The normalized spacial score (nSPS) is 15.1. The predicted octanol–water partition coefficient (Wildman–Crippen LogP) is 1.14. The number of aryl methyl sites for hydroxylation is 1. The van der Waals surface area contributed by atoms with Crippen molar-refractivity contribution < 1.29 is 0 Å². The van der Waals surface area contributed by atoms with Gasteiger partial charge in [-0.05, 0) is 6.92 Å². The van der Waals surface area contributed by atoms with E-state index >= 15 is 0 Å². The summed E-state index contributed by atoms with van der Waals surface area (Å²) in [6.45, 7) is 8.93. The van der Waals surface area contributed by atoms with Gasteiger partial charge >= 0.3 is 0 Å². The molecular formula is C14H21N7. The summed E-state index contributed by atoms with van der Waals surface area (Å²) in [5.74, 6) is 3.75. The van der Waals surface area contributed by atoms with Gasteiger partial charge in [-0.3, -0.25) is 0 Å². The topological polar surface area (TPSA) is 85.8 Å². The molecule has 0 unspecified atom stereocenters. The standard InChI is InChI=1S/C14H21N7/c1-9(2)12-19-18-11-4-5-20(6-7-21(11)12)13-10(3)8-16-14(15)17-13/h8-9H,4-7H2,1-3H3,(H2,15,16,17). The van der Waals surface area contributed by atoms with E-state index in [-0.39, 0.29) is 0 Å². The molecular weight excluding hydrogens is 266 g/mol. The van der Waals surface area contributed by atoms with Crippen LogP contribution in [-0.2, 0) is 13.0 Å². The number of anilines is 2. The Hall–Kier alpha value is -2.18. The summed E-state index contributed by atoms with van der Waals surface area (Å²) in [7, 11) is 0. The van der Waals surface area contributed by atoms with Gasteiger partial charge in [0.15, 0.2) is 0 Å². The second-order valence-corrected chi connectivity index (χ2v) is 5.75. The summed E-state index contributed by atoms with van der Waals surface area (Å²) in [5.41, 5.74) is 6.77. The fourth-order valence-electron chi connectivity index (χ4n) is 2.75. The van der Waals surface area contributed by atoms with Crippen molar-refractivity contribution in [1.29, 1.82) is 0 Å². The average molecular weight is 287 g/mol. The van der Waals surface area contributed by atoms with Crippen LogP contribution in [-0.4, -0.2) is 37.8 Å². The minimum atomic E-state index is 0.321. The molecule has 0 saturated heterocycles. The van der Waals surface area contributed by atoms with Crippen LogP contribution >= 0.6 is 0 Å². The summed E-state index contributed by atoms with van der Waals surface area (Å²) in [4.78, 5) is 10.7. The molecule has 2 N–H and O–H groups in total. The number of rotatable bonds is 2. The first-order chi connectivity index (χ1) is 10.1. The van der Waals surface area contributed by atoms with Crippen LogP contribution in [0.3, 0.4) is 0 Å². The van der Waals surface area contributed by atoms with Crippen molar-refractivity contribution in [1.82, 2.24) is 24.7 Å². The molecule has 3 rings (SSSR count). The Bertz CT molecular complexity index is 647. The van der Waals surface area contributed by atoms with E-state index in [4.69, 9.17) is 5.73 Å². The van der Waals surface area contributed by atoms with Gasteiger partial charge in [0.1, 0.15) is 17.5 Å². The quantitative estimate of drug-likeness (QED) is 0.891.